The van der Waals surface area contributed by atoms with E-state index in [0.29, 0.717) is 30.8 Å². The number of nitrogens with zero attached hydrogens (tertiary/aromatic N) is 2. The number of nitrogens with one attached hydrogen (secondary N) is 2. The Kier molecular flexibility index (Phi) is 5.85. The predicted molar refractivity (Wildman–Crippen MR) is 124 cm³/mol. The Bertz CT molecular complexity index is 1170. The van der Waals surface area contributed by atoms with E-state index >= 15 is 0 Å². The molecule has 2 fully saturated rings. The molecule has 2 N–H and O–H groups in total. The topological polar surface area (TPSA) is 96.6 Å². The minimum absolute atomic E-state index is 0.00498. The second-order valence-electron chi connectivity index (χ2n) is 10.0. The molecule has 2 aromatic heterocycles. The van der Waals surface area contributed by atoms with Gasteiger partial charge in [0.05, 0.1) is 5.54 Å². The number of hydrogen-bond acceptors (Lipinski definition) is 6. The fourth-order valence-electron chi connectivity index (χ4n) is 4.99. The summed E-state index contributed by atoms with van der Waals surface area (Å²) < 4.78 is 26.8. The Labute approximate surface area is 196 Å². The number of rotatable bonds is 3. The van der Waals surface area contributed by atoms with Crippen LogP contribution < -0.4 is 15.6 Å². The molecule has 1 amide bonds. The summed E-state index contributed by atoms with van der Waals surface area (Å²) in [5.41, 5.74) is -0.773. The van der Waals surface area contributed by atoms with Gasteiger partial charge < -0.3 is 19.8 Å². The standard InChI is InChI=1S/C23H30ClFN4O4/c1-11-12(2)27-19(30)16-15(11)17(25)18(24)28-20(16)32-13(3)23-8-7-14(9-26-10-23)29(23)21(31)33-22(4,5)6/h13-14,26H,7-10H2,1-6H3,(H,27,30)/t13-,14?,23?/m0/s1. The van der Waals surface area contributed by atoms with E-state index in [9.17, 15) is 14.0 Å². The van der Waals surface area contributed by atoms with Gasteiger partial charge in [0.25, 0.3) is 5.56 Å². The number of carbonyl (C=O) groups excluding carboxylic acids is 1. The highest BCUT2D eigenvalue weighted by molar-refractivity contribution is 6.30. The van der Waals surface area contributed by atoms with Crippen LogP contribution in [0.1, 0.15) is 51.8 Å². The number of halogens is 2. The zero-order valence-electron chi connectivity index (χ0n) is 19.8. The lowest BCUT2D eigenvalue weighted by Crippen LogP contribution is -2.68. The van der Waals surface area contributed by atoms with E-state index in [4.69, 9.17) is 21.1 Å². The second kappa shape index (κ2) is 8.13. The third-order valence-electron chi connectivity index (χ3n) is 6.73. The highest BCUT2D eigenvalue weighted by Gasteiger charge is 2.56. The van der Waals surface area contributed by atoms with Crippen LogP contribution in [0.2, 0.25) is 5.15 Å². The monoisotopic (exact) mass is 480 g/mol. The number of carbonyl (C=O) groups is 1. The molecule has 180 valence electrons. The van der Waals surface area contributed by atoms with Gasteiger partial charge in [0, 0.05) is 30.2 Å². The molecule has 4 rings (SSSR count). The highest BCUT2D eigenvalue weighted by atomic mass is 35.5. The van der Waals surface area contributed by atoms with Crippen molar-refractivity contribution in [2.45, 2.75) is 77.7 Å². The molecule has 10 heteroatoms. The van der Waals surface area contributed by atoms with E-state index in [1.165, 1.54) is 0 Å². The predicted octanol–water partition coefficient (Wildman–Crippen LogP) is 3.84. The van der Waals surface area contributed by atoms with Gasteiger partial charge in [0.2, 0.25) is 5.88 Å². The molecule has 33 heavy (non-hydrogen) atoms. The summed E-state index contributed by atoms with van der Waals surface area (Å²) >= 11 is 6.09. The van der Waals surface area contributed by atoms with E-state index in [1.54, 1.807) is 18.7 Å². The zero-order chi connectivity index (χ0) is 24.3. The summed E-state index contributed by atoms with van der Waals surface area (Å²) in [5.74, 6) is -0.812. The number of amides is 1. The quantitative estimate of drug-likeness (QED) is 0.648. The van der Waals surface area contributed by atoms with Crippen molar-refractivity contribution in [2.75, 3.05) is 13.1 Å². The number of aromatic nitrogens is 2. The Morgan fingerprint density at radius 1 is 1.33 bits per heavy atom. The third kappa shape index (κ3) is 3.95. The number of hydrogen-bond donors (Lipinski definition) is 2. The van der Waals surface area contributed by atoms with Gasteiger partial charge in [-0.25, -0.2) is 9.18 Å². The van der Waals surface area contributed by atoms with Gasteiger partial charge in [-0.2, -0.15) is 4.98 Å². The molecule has 0 spiro atoms. The van der Waals surface area contributed by atoms with Crippen LogP contribution in [0.4, 0.5) is 9.18 Å². The first-order chi connectivity index (χ1) is 15.4. The van der Waals surface area contributed by atoms with Gasteiger partial charge in [-0.15, -0.1) is 0 Å². The maximum Gasteiger partial charge on any atom is 0.411 e. The molecule has 8 nitrogen and oxygen atoms in total. The van der Waals surface area contributed by atoms with Crippen LogP contribution in [0.3, 0.4) is 0 Å². The summed E-state index contributed by atoms with van der Waals surface area (Å²) in [6.45, 7) is 11.9. The van der Waals surface area contributed by atoms with Crippen molar-refractivity contribution in [1.82, 2.24) is 20.2 Å². The normalized spacial score (nSPS) is 23.6. The van der Waals surface area contributed by atoms with Crippen molar-refractivity contribution >= 4 is 28.5 Å². The van der Waals surface area contributed by atoms with Gasteiger partial charge in [0.15, 0.2) is 11.0 Å². The van der Waals surface area contributed by atoms with Crippen LogP contribution in [0.15, 0.2) is 4.79 Å². The molecule has 0 aromatic carbocycles. The Hall–Kier alpha value is -2.39. The molecule has 2 unspecified atom stereocenters. The minimum Gasteiger partial charge on any atom is -0.471 e. The summed E-state index contributed by atoms with van der Waals surface area (Å²) in [6, 6.07) is -0.0329. The molecule has 3 atom stereocenters. The maximum absolute atomic E-state index is 14.9. The lowest BCUT2D eigenvalue weighted by molar-refractivity contribution is -0.0415. The van der Waals surface area contributed by atoms with Crippen LogP contribution in [0.5, 0.6) is 5.88 Å². The molecule has 2 aromatic rings. The van der Waals surface area contributed by atoms with Crippen LogP contribution >= 0.6 is 11.6 Å². The SMILES string of the molecule is Cc1[nH]c(=O)c2c(O[C@@H](C)C34CCC(CNC3)N4C(=O)OC(C)(C)C)nc(Cl)c(F)c2c1C. The first-order valence-electron chi connectivity index (χ1n) is 11.1. The van der Waals surface area contributed by atoms with Crippen LogP contribution in [-0.4, -0.2) is 57.3 Å². The zero-order valence-corrected chi connectivity index (χ0v) is 20.5. The van der Waals surface area contributed by atoms with Crippen molar-refractivity contribution in [2.24, 2.45) is 0 Å². The number of pyridine rings is 2. The van der Waals surface area contributed by atoms with E-state index < -0.39 is 34.7 Å². The Balaban J connectivity index is 1.77. The van der Waals surface area contributed by atoms with Gasteiger partial charge in [0.1, 0.15) is 17.1 Å². The smallest absolute Gasteiger partial charge is 0.411 e. The lowest BCUT2D eigenvalue weighted by Gasteiger charge is -2.47. The average Bonchev–Trinajstić information content (AvgIpc) is 2.94. The number of fused-ring (bicyclic) bond motifs is 3. The minimum atomic E-state index is -0.757. The van der Waals surface area contributed by atoms with Crippen molar-refractivity contribution in [3.05, 3.63) is 32.6 Å². The highest BCUT2D eigenvalue weighted by Crippen LogP contribution is 2.42. The van der Waals surface area contributed by atoms with Crippen molar-refractivity contribution in [3.8, 4) is 5.88 Å². The first kappa shape index (κ1) is 23.8. The number of aryl methyl sites for hydroxylation is 2. The number of ether oxygens (including phenoxy) is 2. The molecule has 4 heterocycles. The summed E-state index contributed by atoms with van der Waals surface area (Å²) in [4.78, 5) is 34.5. The largest absolute Gasteiger partial charge is 0.471 e. The Morgan fingerprint density at radius 2 is 2.03 bits per heavy atom. The van der Waals surface area contributed by atoms with E-state index in [-0.39, 0.29) is 27.8 Å². The summed E-state index contributed by atoms with van der Waals surface area (Å²) in [5, 5.41) is 3.11. The molecule has 0 saturated carbocycles. The van der Waals surface area contributed by atoms with Crippen molar-refractivity contribution < 1.29 is 18.7 Å². The van der Waals surface area contributed by atoms with E-state index in [2.05, 4.69) is 15.3 Å². The van der Waals surface area contributed by atoms with Crippen LogP contribution in [0.25, 0.3) is 10.8 Å². The fourth-order valence-corrected chi connectivity index (χ4v) is 5.16. The molecule has 0 aliphatic carbocycles. The summed E-state index contributed by atoms with van der Waals surface area (Å²) in [6.07, 6.45) is 0.492. The van der Waals surface area contributed by atoms with Gasteiger partial charge in [-0.3, -0.25) is 9.69 Å². The number of H-pyrrole nitrogens is 1. The molecule has 2 aliphatic rings. The van der Waals surface area contributed by atoms with Crippen molar-refractivity contribution in [3.63, 3.8) is 0 Å². The third-order valence-corrected chi connectivity index (χ3v) is 6.98. The molecule has 2 bridgehead atoms. The maximum atomic E-state index is 14.9. The molecule has 0 radical (unpaired) electrons. The second-order valence-corrected chi connectivity index (χ2v) is 10.4. The Morgan fingerprint density at radius 3 is 2.70 bits per heavy atom. The van der Waals surface area contributed by atoms with Crippen LogP contribution in [0, 0.1) is 19.7 Å². The van der Waals surface area contributed by atoms with Crippen molar-refractivity contribution in [1.29, 1.82) is 0 Å². The lowest BCUT2D eigenvalue weighted by atomic mass is 9.89. The van der Waals surface area contributed by atoms with Crippen LogP contribution in [-0.2, 0) is 4.74 Å². The molecule has 2 aliphatic heterocycles. The molecular formula is C23H30ClFN4O4. The summed E-state index contributed by atoms with van der Waals surface area (Å²) in [7, 11) is 0. The first-order valence-corrected chi connectivity index (χ1v) is 11.5. The van der Waals surface area contributed by atoms with Gasteiger partial charge >= 0.3 is 6.09 Å². The van der Waals surface area contributed by atoms with Gasteiger partial charge in [-0.05, 0) is 59.9 Å². The van der Waals surface area contributed by atoms with E-state index in [1.807, 2.05) is 27.7 Å². The fraction of sp³-hybridized carbons (Fsp3) is 0.609. The average molecular weight is 481 g/mol. The number of piperazine rings is 1. The van der Waals surface area contributed by atoms with Gasteiger partial charge in [-0.1, -0.05) is 11.6 Å². The molecule has 2 saturated heterocycles. The molecular weight excluding hydrogens is 451 g/mol. The number of aromatic amines is 1. The van der Waals surface area contributed by atoms with E-state index in [0.717, 1.165) is 6.42 Å².